The van der Waals surface area contributed by atoms with Gasteiger partial charge in [-0.2, -0.15) is 0 Å². The van der Waals surface area contributed by atoms with Crippen molar-refractivity contribution in [2.75, 3.05) is 47.5 Å². The molecule has 2 atom stereocenters. The highest BCUT2D eigenvalue weighted by atomic mass is 16.7. The normalized spacial score (nSPS) is 13.5. The van der Waals surface area contributed by atoms with E-state index in [0.29, 0.717) is 23.9 Å². The van der Waals surface area contributed by atoms with Crippen molar-refractivity contribution >= 4 is 17.9 Å². The van der Waals surface area contributed by atoms with Crippen molar-refractivity contribution in [1.29, 1.82) is 0 Å². The molecule has 0 rings (SSSR count). The zero-order valence-electron chi connectivity index (χ0n) is 55.4. The Morgan fingerprint density at radius 2 is 0.635 bits per heavy atom. The lowest BCUT2D eigenvalue weighted by Gasteiger charge is -2.26. The fourth-order valence-corrected chi connectivity index (χ4v) is 9.47. The number of carboxylic acids is 1. The number of quaternary nitrogens is 1. The number of unbranched alkanes of at least 4 members (excludes halogenated alkanes) is 28. The van der Waals surface area contributed by atoms with Crippen LogP contribution < -0.4 is 5.11 Å². The number of likely N-dealkylation sites (N-methyl/N-ethyl adjacent to an activating group) is 1. The molecule has 0 N–H and O–H groups in total. The van der Waals surface area contributed by atoms with E-state index in [9.17, 15) is 19.5 Å². The van der Waals surface area contributed by atoms with Crippen molar-refractivity contribution in [2.45, 2.75) is 296 Å². The number of carbonyl (C=O) groups is 3. The van der Waals surface area contributed by atoms with Gasteiger partial charge >= 0.3 is 11.9 Å². The summed E-state index contributed by atoms with van der Waals surface area (Å²) in [6.45, 7) is 4.51. The molecule has 0 aliphatic carbocycles. The van der Waals surface area contributed by atoms with Crippen LogP contribution in [0.25, 0.3) is 0 Å². The summed E-state index contributed by atoms with van der Waals surface area (Å²) in [5, 5.41) is 11.8. The number of hydrogen-bond donors (Lipinski definition) is 0. The number of nitrogens with zero attached hydrogens (tertiary/aromatic N) is 1. The van der Waals surface area contributed by atoms with Crippen LogP contribution in [-0.2, 0) is 33.3 Å². The fourth-order valence-electron chi connectivity index (χ4n) is 9.47. The number of ether oxygens (including phenoxy) is 4. The minimum absolute atomic E-state index is 0.140. The summed E-state index contributed by atoms with van der Waals surface area (Å²) in [6, 6.07) is 0. The van der Waals surface area contributed by atoms with Gasteiger partial charge in [-0.1, -0.05) is 289 Å². The maximum absolute atomic E-state index is 12.9. The third-order valence-electron chi connectivity index (χ3n) is 14.7. The molecular formula is C76H129NO8. The van der Waals surface area contributed by atoms with Crippen LogP contribution in [0.2, 0.25) is 0 Å². The van der Waals surface area contributed by atoms with E-state index in [4.69, 9.17) is 18.9 Å². The van der Waals surface area contributed by atoms with E-state index in [2.05, 4.69) is 135 Å². The molecule has 0 fully saturated rings. The lowest BCUT2D eigenvalue weighted by molar-refractivity contribution is -0.870. The van der Waals surface area contributed by atoms with Gasteiger partial charge in [0, 0.05) is 12.8 Å². The van der Waals surface area contributed by atoms with E-state index in [-0.39, 0.29) is 38.6 Å². The molecule has 9 nitrogen and oxygen atoms in total. The highest BCUT2D eigenvalue weighted by molar-refractivity contribution is 5.70. The van der Waals surface area contributed by atoms with Gasteiger partial charge in [0.05, 0.1) is 40.3 Å². The Morgan fingerprint density at radius 1 is 0.353 bits per heavy atom. The molecule has 0 saturated carbocycles. The van der Waals surface area contributed by atoms with Crippen LogP contribution in [0.5, 0.6) is 0 Å². The number of esters is 2. The van der Waals surface area contributed by atoms with E-state index in [0.717, 1.165) is 116 Å². The molecule has 0 heterocycles. The number of rotatable bonds is 63. The van der Waals surface area contributed by atoms with Gasteiger partial charge < -0.3 is 33.3 Å². The minimum Gasteiger partial charge on any atom is -0.545 e. The van der Waals surface area contributed by atoms with Gasteiger partial charge in [-0.15, -0.1) is 0 Å². The molecule has 0 aliphatic rings. The Labute approximate surface area is 523 Å². The first-order chi connectivity index (χ1) is 41.6. The molecule has 0 saturated heterocycles. The first-order valence-corrected chi connectivity index (χ1v) is 34.7. The highest BCUT2D eigenvalue weighted by Gasteiger charge is 2.22. The molecule has 2 unspecified atom stereocenters. The first kappa shape index (κ1) is 80.7. The van der Waals surface area contributed by atoms with Crippen molar-refractivity contribution in [1.82, 2.24) is 0 Å². The molecule has 0 aliphatic heterocycles. The van der Waals surface area contributed by atoms with Crippen LogP contribution in [-0.4, -0.2) is 82.3 Å². The SMILES string of the molecule is CC/C=C\C/C=C\C/C=C\C/C=C\C/C=C\CCCCCCCCCCCCCCCCCCCCCCCCCC(=O)OC(COC(=O)CCCCCCC/C=C\C/C=C\C/C=C\C/C=C\C/C=C\CC)COC(OCC[N+](C)(C)C)C(=O)[O-]. The van der Waals surface area contributed by atoms with Crippen molar-refractivity contribution in [3.05, 3.63) is 122 Å². The van der Waals surface area contributed by atoms with E-state index in [1.54, 1.807) is 0 Å². The summed E-state index contributed by atoms with van der Waals surface area (Å²) in [4.78, 5) is 37.4. The smallest absolute Gasteiger partial charge is 0.306 e. The zero-order valence-corrected chi connectivity index (χ0v) is 55.4. The second kappa shape index (κ2) is 65.7. The number of hydrogen-bond acceptors (Lipinski definition) is 8. The largest absolute Gasteiger partial charge is 0.545 e. The first-order valence-electron chi connectivity index (χ1n) is 34.7. The van der Waals surface area contributed by atoms with Crippen molar-refractivity contribution in [3.63, 3.8) is 0 Å². The van der Waals surface area contributed by atoms with Gasteiger partial charge in [0.1, 0.15) is 13.2 Å². The molecule has 0 spiro atoms. The predicted octanol–water partition coefficient (Wildman–Crippen LogP) is 20.2. The molecule has 0 radical (unpaired) electrons. The van der Waals surface area contributed by atoms with Gasteiger partial charge in [0.25, 0.3) is 0 Å². The molecule has 0 aromatic rings. The third kappa shape index (κ3) is 67.1. The summed E-state index contributed by atoms with van der Waals surface area (Å²) in [7, 11) is 5.92. The number of aliphatic carboxylic acids is 1. The van der Waals surface area contributed by atoms with E-state index < -0.39 is 24.3 Å². The van der Waals surface area contributed by atoms with Crippen LogP contribution in [0.4, 0.5) is 0 Å². The molecule has 85 heavy (non-hydrogen) atoms. The summed E-state index contributed by atoms with van der Waals surface area (Å²) in [5.74, 6) is -2.31. The standard InChI is InChI=1S/C76H129NO8/c1-6-8-10-12-14-16-18-20-22-24-26-28-29-30-31-32-33-34-35-36-37-38-39-40-41-42-43-44-45-47-49-51-53-55-57-59-61-63-65-67-74(79)85-72(71-84-76(75(80)81)82-69-68-77(3,4)5)70-83-73(78)66-64-62-60-58-56-54-52-50-48-46-27-25-23-21-19-17-15-13-11-9-7-2/h8-11,14-17,20-23,26-28,30-31,46,50,52,72,76H,6-7,12-13,18-19,24-25,29,32-45,47-49,51,53-71H2,1-5H3/b10-8-,11-9-,16-14-,17-15-,22-20-,23-21-,28-26-,31-30-,46-27-,52-50-. The maximum atomic E-state index is 12.9. The van der Waals surface area contributed by atoms with Crippen LogP contribution in [0.1, 0.15) is 284 Å². The zero-order chi connectivity index (χ0) is 61.9. The van der Waals surface area contributed by atoms with Crippen LogP contribution in [0.3, 0.4) is 0 Å². The molecule has 9 heteroatoms. The summed E-state index contributed by atoms with van der Waals surface area (Å²) >= 11 is 0. The number of allylic oxidation sites excluding steroid dienone is 20. The number of carbonyl (C=O) groups excluding carboxylic acids is 3. The Hall–Kier alpha value is -4.31. The molecule has 0 amide bonds. The van der Waals surface area contributed by atoms with Gasteiger partial charge in [0.2, 0.25) is 0 Å². The van der Waals surface area contributed by atoms with Gasteiger partial charge in [-0.25, -0.2) is 0 Å². The highest BCUT2D eigenvalue weighted by Crippen LogP contribution is 2.17. The monoisotopic (exact) mass is 1180 g/mol. The molecule has 0 aromatic carbocycles. The minimum atomic E-state index is -1.63. The van der Waals surface area contributed by atoms with Gasteiger partial charge in [0.15, 0.2) is 12.4 Å². The Kier molecular flexibility index (Phi) is 62.3. The Balaban J connectivity index is 4.05. The quantitative estimate of drug-likeness (QED) is 0.0195. The third-order valence-corrected chi connectivity index (χ3v) is 14.7. The summed E-state index contributed by atoms with van der Waals surface area (Å²) in [5.41, 5.74) is 0. The van der Waals surface area contributed by atoms with Crippen molar-refractivity contribution in [2.24, 2.45) is 0 Å². The Morgan fingerprint density at radius 3 is 0.941 bits per heavy atom. The van der Waals surface area contributed by atoms with Gasteiger partial charge in [-0.05, 0) is 103 Å². The van der Waals surface area contributed by atoms with Gasteiger partial charge in [-0.3, -0.25) is 9.59 Å². The van der Waals surface area contributed by atoms with Crippen LogP contribution in [0, 0.1) is 0 Å². The van der Waals surface area contributed by atoms with Crippen molar-refractivity contribution in [3.8, 4) is 0 Å². The Bertz CT molecular complexity index is 1810. The molecular weight excluding hydrogens is 1050 g/mol. The molecule has 486 valence electrons. The average Bonchev–Trinajstić information content (AvgIpc) is 3.49. The fraction of sp³-hybridized carbons (Fsp3) is 0.697. The van der Waals surface area contributed by atoms with E-state index in [1.807, 2.05) is 21.1 Å². The van der Waals surface area contributed by atoms with E-state index >= 15 is 0 Å². The summed E-state index contributed by atoms with van der Waals surface area (Å²) in [6.07, 6.45) is 90.0. The number of carboxylic acid groups (broad SMARTS) is 1. The summed E-state index contributed by atoms with van der Waals surface area (Å²) < 4.78 is 22.8. The van der Waals surface area contributed by atoms with Crippen LogP contribution in [0.15, 0.2) is 122 Å². The van der Waals surface area contributed by atoms with Crippen LogP contribution >= 0.6 is 0 Å². The molecule has 0 aromatic heterocycles. The van der Waals surface area contributed by atoms with Crippen molar-refractivity contribution < 1.29 is 42.9 Å². The lowest BCUT2D eigenvalue weighted by Crippen LogP contribution is -2.44. The average molecular weight is 1180 g/mol. The van der Waals surface area contributed by atoms with E-state index in [1.165, 1.54) is 128 Å². The second-order valence-corrected chi connectivity index (χ2v) is 24.1. The molecule has 0 bridgehead atoms. The maximum Gasteiger partial charge on any atom is 0.306 e. The second-order valence-electron chi connectivity index (χ2n) is 24.1. The topological polar surface area (TPSA) is 111 Å². The lowest BCUT2D eigenvalue weighted by atomic mass is 10.0. The predicted molar refractivity (Wildman–Crippen MR) is 361 cm³/mol.